The Morgan fingerprint density at radius 2 is 1.92 bits per heavy atom. The van der Waals surface area contributed by atoms with E-state index in [2.05, 4.69) is 17.6 Å². The van der Waals surface area contributed by atoms with E-state index in [0.29, 0.717) is 11.5 Å². The fourth-order valence-corrected chi connectivity index (χ4v) is 2.25. The minimum atomic E-state index is -0.205. The highest BCUT2D eigenvalue weighted by atomic mass is 16.5. The molecular formula is C19H24N2O3. The van der Waals surface area contributed by atoms with E-state index in [9.17, 15) is 4.79 Å². The van der Waals surface area contributed by atoms with Gasteiger partial charge in [-0.3, -0.25) is 4.79 Å². The first kappa shape index (κ1) is 17.8. The van der Waals surface area contributed by atoms with Gasteiger partial charge in [-0.15, -0.1) is 0 Å². The Labute approximate surface area is 143 Å². The van der Waals surface area contributed by atoms with Gasteiger partial charge in [-0.05, 0) is 42.8 Å². The van der Waals surface area contributed by atoms with Crippen molar-refractivity contribution in [3.05, 3.63) is 53.6 Å². The molecule has 1 amide bonds. The van der Waals surface area contributed by atoms with Crippen LogP contribution in [-0.4, -0.2) is 26.2 Å². The van der Waals surface area contributed by atoms with E-state index in [1.165, 1.54) is 0 Å². The van der Waals surface area contributed by atoms with E-state index in [0.717, 1.165) is 29.9 Å². The highest BCUT2D eigenvalue weighted by Crippen LogP contribution is 2.28. The van der Waals surface area contributed by atoms with Crippen molar-refractivity contribution in [1.82, 2.24) is 5.32 Å². The van der Waals surface area contributed by atoms with Gasteiger partial charge in [-0.2, -0.15) is 0 Å². The van der Waals surface area contributed by atoms with Crippen molar-refractivity contribution in [2.24, 2.45) is 0 Å². The number of anilines is 1. The Hall–Kier alpha value is -2.53. The number of methoxy groups -OCH3 is 1. The average molecular weight is 328 g/mol. The molecule has 0 atom stereocenters. The number of ether oxygens (including phenoxy) is 2. The van der Waals surface area contributed by atoms with Crippen molar-refractivity contribution in [3.8, 4) is 11.5 Å². The SMILES string of the molecule is CCNCc1ccc(OCC(=O)Nc2ccccc2C)c(OC)c1. The zero-order valence-corrected chi connectivity index (χ0v) is 14.4. The summed E-state index contributed by atoms with van der Waals surface area (Å²) in [5.74, 6) is 0.967. The summed E-state index contributed by atoms with van der Waals surface area (Å²) < 4.78 is 11.0. The van der Waals surface area contributed by atoms with E-state index in [1.54, 1.807) is 7.11 Å². The van der Waals surface area contributed by atoms with Gasteiger partial charge < -0.3 is 20.1 Å². The Morgan fingerprint density at radius 3 is 2.62 bits per heavy atom. The molecule has 0 spiro atoms. The van der Waals surface area contributed by atoms with Crippen LogP contribution in [0.15, 0.2) is 42.5 Å². The molecule has 0 aromatic heterocycles. The number of hydrogen-bond acceptors (Lipinski definition) is 4. The second-order valence-electron chi connectivity index (χ2n) is 5.42. The van der Waals surface area contributed by atoms with Crippen molar-refractivity contribution in [2.45, 2.75) is 20.4 Å². The van der Waals surface area contributed by atoms with Crippen LogP contribution in [0.2, 0.25) is 0 Å². The number of nitrogens with one attached hydrogen (secondary N) is 2. The lowest BCUT2D eigenvalue weighted by Gasteiger charge is -2.13. The fraction of sp³-hybridized carbons (Fsp3) is 0.316. The third-order valence-corrected chi connectivity index (χ3v) is 3.59. The maximum absolute atomic E-state index is 12.1. The lowest BCUT2D eigenvalue weighted by molar-refractivity contribution is -0.118. The Balaban J connectivity index is 1.95. The third-order valence-electron chi connectivity index (χ3n) is 3.59. The van der Waals surface area contributed by atoms with Gasteiger partial charge in [0.1, 0.15) is 0 Å². The summed E-state index contributed by atoms with van der Waals surface area (Å²) in [5, 5.41) is 6.10. The molecule has 0 heterocycles. The molecule has 0 aliphatic carbocycles. The summed E-state index contributed by atoms with van der Waals surface area (Å²) >= 11 is 0. The lowest BCUT2D eigenvalue weighted by atomic mass is 10.2. The van der Waals surface area contributed by atoms with Gasteiger partial charge in [0.15, 0.2) is 18.1 Å². The van der Waals surface area contributed by atoms with E-state index in [-0.39, 0.29) is 12.5 Å². The van der Waals surface area contributed by atoms with Crippen LogP contribution in [0.4, 0.5) is 5.69 Å². The Bertz CT molecular complexity index is 686. The number of aryl methyl sites for hydroxylation is 1. The smallest absolute Gasteiger partial charge is 0.262 e. The minimum Gasteiger partial charge on any atom is -0.493 e. The number of rotatable bonds is 8. The van der Waals surface area contributed by atoms with Crippen LogP contribution < -0.4 is 20.1 Å². The van der Waals surface area contributed by atoms with Gasteiger partial charge in [-0.1, -0.05) is 31.2 Å². The molecule has 128 valence electrons. The summed E-state index contributed by atoms with van der Waals surface area (Å²) in [7, 11) is 1.59. The summed E-state index contributed by atoms with van der Waals surface area (Å²) in [6.07, 6.45) is 0. The fourth-order valence-electron chi connectivity index (χ4n) is 2.25. The molecule has 0 saturated carbocycles. The molecule has 0 bridgehead atoms. The summed E-state index contributed by atoms with van der Waals surface area (Å²) in [5.41, 5.74) is 2.90. The van der Waals surface area contributed by atoms with Gasteiger partial charge in [0, 0.05) is 12.2 Å². The number of para-hydroxylation sites is 1. The van der Waals surface area contributed by atoms with Crippen molar-refractivity contribution in [1.29, 1.82) is 0 Å². The standard InChI is InChI=1S/C19H24N2O3/c1-4-20-12-15-9-10-17(18(11-15)23-3)24-13-19(22)21-16-8-6-5-7-14(16)2/h5-11,20H,4,12-13H2,1-3H3,(H,21,22). The normalized spacial score (nSPS) is 10.3. The second kappa shape index (κ2) is 8.93. The van der Waals surface area contributed by atoms with Crippen molar-refractivity contribution < 1.29 is 14.3 Å². The van der Waals surface area contributed by atoms with Crippen LogP contribution in [0.25, 0.3) is 0 Å². The maximum atomic E-state index is 12.1. The molecule has 2 rings (SSSR count). The highest BCUT2D eigenvalue weighted by Gasteiger charge is 2.09. The molecule has 0 radical (unpaired) electrons. The molecule has 5 heteroatoms. The third kappa shape index (κ3) is 4.99. The van der Waals surface area contributed by atoms with Gasteiger partial charge in [0.2, 0.25) is 0 Å². The van der Waals surface area contributed by atoms with Crippen LogP contribution in [-0.2, 0) is 11.3 Å². The molecule has 0 fully saturated rings. The maximum Gasteiger partial charge on any atom is 0.262 e. The van der Waals surface area contributed by atoms with Crippen LogP contribution in [0.1, 0.15) is 18.1 Å². The Kier molecular flexibility index (Phi) is 6.63. The van der Waals surface area contributed by atoms with E-state index in [1.807, 2.05) is 49.4 Å². The van der Waals surface area contributed by atoms with Crippen molar-refractivity contribution >= 4 is 11.6 Å². The van der Waals surface area contributed by atoms with Crippen LogP contribution >= 0.6 is 0 Å². The molecule has 0 unspecified atom stereocenters. The molecule has 0 saturated heterocycles. The van der Waals surface area contributed by atoms with Crippen LogP contribution in [0, 0.1) is 6.92 Å². The molecule has 24 heavy (non-hydrogen) atoms. The van der Waals surface area contributed by atoms with E-state index >= 15 is 0 Å². The van der Waals surface area contributed by atoms with Gasteiger partial charge in [0.25, 0.3) is 5.91 Å². The minimum absolute atomic E-state index is 0.0722. The van der Waals surface area contributed by atoms with E-state index < -0.39 is 0 Å². The number of hydrogen-bond donors (Lipinski definition) is 2. The number of carbonyl (C=O) groups is 1. The number of benzene rings is 2. The average Bonchev–Trinajstić information content (AvgIpc) is 2.60. The van der Waals surface area contributed by atoms with Crippen molar-refractivity contribution in [2.75, 3.05) is 25.6 Å². The summed E-state index contributed by atoms with van der Waals surface area (Å²) in [6, 6.07) is 13.3. The zero-order valence-electron chi connectivity index (χ0n) is 14.4. The number of amides is 1. The first-order valence-corrected chi connectivity index (χ1v) is 8.00. The van der Waals surface area contributed by atoms with Gasteiger partial charge >= 0.3 is 0 Å². The predicted octanol–water partition coefficient (Wildman–Crippen LogP) is 3.13. The molecular weight excluding hydrogens is 304 g/mol. The summed E-state index contributed by atoms with van der Waals surface area (Å²) in [4.78, 5) is 12.1. The lowest BCUT2D eigenvalue weighted by Crippen LogP contribution is -2.20. The van der Waals surface area contributed by atoms with Crippen LogP contribution in [0.5, 0.6) is 11.5 Å². The molecule has 2 aromatic carbocycles. The monoisotopic (exact) mass is 328 g/mol. The summed E-state index contributed by atoms with van der Waals surface area (Å²) in [6.45, 7) is 5.60. The molecule has 0 aliphatic heterocycles. The van der Waals surface area contributed by atoms with E-state index in [4.69, 9.17) is 9.47 Å². The predicted molar refractivity (Wildman–Crippen MR) is 95.7 cm³/mol. The second-order valence-corrected chi connectivity index (χ2v) is 5.42. The van der Waals surface area contributed by atoms with Crippen molar-refractivity contribution in [3.63, 3.8) is 0 Å². The largest absolute Gasteiger partial charge is 0.493 e. The van der Waals surface area contributed by atoms with Gasteiger partial charge in [0.05, 0.1) is 7.11 Å². The first-order valence-electron chi connectivity index (χ1n) is 8.00. The number of carbonyl (C=O) groups excluding carboxylic acids is 1. The Morgan fingerprint density at radius 1 is 1.12 bits per heavy atom. The molecule has 5 nitrogen and oxygen atoms in total. The molecule has 2 aromatic rings. The topological polar surface area (TPSA) is 59.6 Å². The quantitative estimate of drug-likeness (QED) is 0.781. The molecule has 2 N–H and O–H groups in total. The highest BCUT2D eigenvalue weighted by molar-refractivity contribution is 5.92. The zero-order chi connectivity index (χ0) is 17.4. The molecule has 0 aliphatic rings. The van der Waals surface area contributed by atoms with Crippen LogP contribution in [0.3, 0.4) is 0 Å². The first-order chi connectivity index (χ1) is 11.6. The van der Waals surface area contributed by atoms with Gasteiger partial charge in [-0.25, -0.2) is 0 Å².